The molecule has 0 aliphatic rings. The largest absolute Gasteiger partial charge is 0.545 e. The predicted molar refractivity (Wildman–Crippen MR) is 55.4 cm³/mol. The second-order valence-electron chi connectivity index (χ2n) is 3.34. The summed E-state index contributed by atoms with van der Waals surface area (Å²) in [6, 6.07) is 3.88. The maximum Gasteiger partial charge on any atom is 0.175 e. The Labute approximate surface area is 89.0 Å². The monoisotopic (exact) mass is 203 g/mol. The van der Waals surface area contributed by atoms with Crippen molar-refractivity contribution in [3.63, 3.8) is 0 Å². The minimum atomic E-state index is -1.17. The first-order chi connectivity index (χ1) is 7.08. The Kier molecular flexibility index (Phi) is 3.80. The number of aromatic nitrogens is 1. The Morgan fingerprint density at radius 3 is 2.87 bits per heavy atom. The Morgan fingerprint density at radius 2 is 2.27 bits per heavy atom. The third-order valence-electron chi connectivity index (χ3n) is 1.85. The van der Waals surface area contributed by atoms with Crippen LogP contribution >= 0.6 is 0 Å². The summed E-state index contributed by atoms with van der Waals surface area (Å²) in [6.07, 6.45) is 8.54. The number of rotatable bonds is 3. The number of carbonyl (C=O) groups excluding carboxylic acids is 1. The average molecular weight is 203 g/mol. The number of carboxylic acids is 1. The molecule has 0 aromatic carbocycles. The van der Waals surface area contributed by atoms with Gasteiger partial charge in [-0.1, -0.05) is 6.08 Å². The fourth-order valence-corrected chi connectivity index (χ4v) is 1.17. The van der Waals surface area contributed by atoms with Gasteiger partial charge in [-0.25, -0.2) is 4.57 Å². The first-order valence-electron chi connectivity index (χ1n) is 4.60. The summed E-state index contributed by atoms with van der Waals surface area (Å²) in [5, 5.41) is 10.2. The van der Waals surface area contributed by atoms with Gasteiger partial charge in [0.2, 0.25) is 0 Å². The molecule has 3 nitrogen and oxygen atoms in total. The van der Waals surface area contributed by atoms with Crippen LogP contribution in [0.2, 0.25) is 0 Å². The lowest BCUT2D eigenvalue weighted by atomic mass is 10.2. The van der Waals surface area contributed by atoms with Gasteiger partial charge in [-0.05, 0) is 30.7 Å². The molecular formula is C12H13NO2. The molecule has 0 saturated heterocycles. The van der Waals surface area contributed by atoms with Gasteiger partial charge in [0.05, 0.1) is 5.97 Å². The molecule has 0 spiro atoms. The van der Waals surface area contributed by atoms with Crippen molar-refractivity contribution < 1.29 is 14.5 Å². The molecule has 1 aromatic heterocycles. The van der Waals surface area contributed by atoms with Crippen LogP contribution in [-0.2, 0) is 11.8 Å². The molecular weight excluding hydrogens is 190 g/mol. The third-order valence-corrected chi connectivity index (χ3v) is 1.85. The van der Waals surface area contributed by atoms with E-state index in [-0.39, 0.29) is 0 Å². The molecule has 0 saturated carbocycles. The molecule has 0 bridgehead atoms. The van der Waals surface area contributed by atoms with E-state index in [2.05, 4.69) is 0 Å². The van der Waals surface area contributed by atoms with Crippen molar-refractivity contribution >= 4 is 12.0 Å². The predicted octanol–water partition coefficient (Wildman–Crippen LogP) is 0.220. The number of hydrogen-bond acceptors (Lipinski definition) is 2. The number of carboxylic acid groups (broad SMARTS) is 1. The molecule has 0 N–H and O–H groups in total. The normalized spacial score (nSPS) is 12.0. The topological polar surface area (TPSA) is 44.0 Å². The van der Waals surface area contributed by atoms with Gasteiger partial charge >= 0.3 is 0 Å². The first-order valence-corrected chi connectivity index (χ1v) is 4.60. The van der Waals surface area contributed by atoms with Crippen LogP contribution in [0.4, 0.5) is 0 Å². The van der Waals surface area contributed by atoms with Crippen molar-refractivity contribution in [1.29, 1.82) is 0 Å². The zero-order valence-electron chi connectivity index (χ0n) is 8.81. The third kappa shape index (κ3) is 4.22. The van der Waals surface area contributed by atoms with E-state index in [1.165, 1.54) is 0 Å². The summed E-state index contributed by atoms with van der Waals surface area (Å²) < 4.78 is 1.93. The van der Waals surface area contributed by atoms with Gasteiger partial charge in [-0.15, -0.1) is 0 Å². The van der Waals surface area contributed by atoms with E-state index in [4.69, 9.17) is 0 Å². The lowest BCUT2D eigenvalue weighted by Crippen LogP contribution is -2.26. The second kappa shape index (κ2) is 5.10. The number of pyridine rings is 1. The maximum atomic E-state index is 10.2. The quantitative estimate of drug-likeness (QED) is 0.401. The Morgan fingerprint density at radius 1 is 1.53 bits per heavy atom. The lowest BCUT2D eigenvalue weighted by Gasteiger charge is -1.94. The zero-order valence-corrected chi connectivity index (χ0v) is 8.81. The van der Waals surface area contributed by atoms with Gasteiger partial charge in [0, 0.05) is 11.6 Å². The minimum Gasteiger partial charge on any atom is -0.545 e. The number of aliphatic carboxylic acids is 1. The molecule has 0 aliphatic heterocycles. The van der Waals surface area contributed by atoms with Gasteiger partial charge in [-0.3, -0.25) is 0 Å². The van der Waals surface area contributed by atoms with Crippen molar-refractivity contribution in [2.24, 2.45) is 7.05 Å². The molecule has 3 heteroatoms. The molecule has 0 aliphatic carbocycles. The summed E-state index contributed by atoms with van der Waals surface area (Å²) in [6.45, 7) is 1.72. The van der Waals surface area contributed by atoms with E-state index in [9.17, 15) is 9.90 Å². The van der Waals surface area contributed by atoms with E-state index in [0.29, 0.717) is 5.57 Å². The van der Waals surface area contributed by atoms with Crippen LogP contribution in [0, 0.1) is 0 Å². The molecule has 1 aromatic rings. The van der Waals surface area contributed by atoms with Gasteiger partial charge in [0.15, 0.2) is 12.4 Å². The molecule has 0 fully saturated rings. The average Bonchev–Trinajstić information content (AvgIpc) is 2.14. The van der Waals surface area contributed by atoms with Gasteiger partial charge in [0.1, 0.15) is 7.05 Å². The zero-order chi connectivity index (χ0) is 11.3. The summed E-state index contributed by atoms with van der Waals surface area (Å²) in [7, 11) is 1.93. The Bertz CT molecular complexity index is 419. The van der Waals surface area contributed by atoms with Gasteiger partial charge in [-0.2, -0.15) is 0 Å². The number of carbonyl (C=O) groups is 1. The Balaban J connectivity index is 2.78. The summed E-state index contributed by atoms with van der Waals surface area (Å²) >= 11 is 0. The number of aryl methyl sites for hydroxylation is 1. The number of hydrogen-bond donors (Lipinski definition) is 0. The van der Waals surface area contributed by atoms with Crippen molar-refractivity contribution in [2.75, 3.05) is 0 Å². The Hall–Kier alpha value is -1.90. The van der Waals surface area contributed by atoms with Crippen LogP contribution in [-0.4, -0.2) is 5.97 Å². The highest BCUT2D eigenvalue weighted by molar-refractivity contribution is 5.79. The first kappa shape index (κ1) is 11.2. The second-order valence-corrected chi connectivity index (χ2v) is 3.34. The standard InChI is InChI=1S/C12H13NO2/c1-10(8-12(14)15)5-6-11-4-3-7-13(2)9-11/h3-9H,1-2H3. The summed E-state index contributed by atoms with van der Waals surface area (Å²) in [5.41, 5.74) is 1.67. The van der Waals surface area contributed by atoms with E-state index < -0.39 is 5.97 Å². The van der Waals surface area contributed by atoms with Gasteiger partial charge in [0.25, 0.3) is 0 Å². The van der Waals surface area contributed by atoms with E-state index in [1.54, 1.807) is 13.0 Å². The van der Waals surface area contributed by atoms with Crippen LogP contribution in [0.1, 0.15) is 12.5 Å². The highest BCUT2D eigenvalue weighted by Crippen LogP contribution is 2.02. The van der Waals surface area contributed by atoms with Crippen molar-refractivity contribution in [1.82, 2.24) is 0 Å². The highest BCUT2D eigenvalue weighted by atomic mass is 16.4. The highest BCUT2D eigenvalue weighted by Gasteiger charge is 1.92. The molecule has 0 radical (unpaired) electrons. The maximum absolute atomic E-state index is 10.2. The molecule has 0 unspecified atom stereocenters. The van der Waals surface area contributed by atoms with E-state index in [1.807, 2.05) is 42.2 Å². The van der Waals surface area contributed by atoms with Gasteiger partial charge < -0.3 is 9.90 Å². The summed E-state index contributed by atoms with van der Waals surface area (Å²) in [4.78, 5) is 10.2. The van der Waals surface area contributed by atoms with Crippen molar-refractivity contribution in [3.05, 3.63) is 47.8 Å². The fourth-order valence-electron chi connectivity index (χ4n) is 1.17. The molecule has 15 heavy (non-hydrogen) atoms. The van der Waals surface area contributed by atoms with Crippen LogP contribution in [0.25, 0.3) is 6.08 Å². The minimum absolute atomic E-state index is 0.654. The number of nitrogens with zero attached hydrogens (tertiary/aromatic N) is 1. The van der Waals surface area contributed by atoms with Crippen LogP contribution in [0.15, 0.2) is 42.3 Å². The van der Waals surface area contributed by atoms with Crippen molar-refractivity contribution in [3.8, 4) is 0 Å². The fraction of sp³-hybridized carbons (Fsp3) is 0.167. The SMILES string of the molecule is CC(C=Cc1ccc[n+](C)c1)=CC(=O)[O-]. The summed E-state index contributed by atoms with van der Waals surface area (Å²) in [5.74, 6) is -1.17. The van der Waals surface area contributed by atoms with E-state index >= 15 is 0 Å². The lowest BCUT2D eigenvalue weighted by molar-refractivity contribution is -0.671. The van der Waals surface area contributed by atoms with Crippen LogP contribution < -0.4 is 9.67 Å². The van der Waals surface area contributed by atoms with Crippen molar-refractivity contribution in [2.45, 2.75) is 6.92 Å². The number of allylic oxidation sites excluding steroid dienone is 2. The molecule has 78 valence electrons. The molecule has 1 rings (SSSR count). The van der Waals surface area contributed by atoms with E-state index in [0.717, 1.165) is 11.6 Å². The van der Waals surface area contributed by atoms with Crippen LogP contribution in [0.5, 0.6) is 0 Å². The molecule has 0 amide bonds. The molecule has 0 atom stereocenters. The smallest absolute Gasteiger partial charge is 0.175 e. The molecule has 1 heterocycles. The van der Waals surface area contributed by atoms with Crippen LogP contribution in [0.3, 0.4) is 0 Å².